The Bertz CT molecular complexity index is 534. The lowest BCUT2D eigenvalue weighted by molar-refractivity contribution is 0.573. The van der Waals surface area contributed by atoms with Gasteiger partial charge in [-0.1, -0.05) is 6.07 Å². The number of nitrogen functional groups attached to an aromatic ring is 1. The molecule has 2 aromatic rings. The summed E-state index contributed by atoms with van der Waals surface area (Å²) in [6.45, 7) is 1.68. The summed E-state index contributed by atoms with van der Waals surface area (Å²) >= 11 is 1.37. The third kappa shape index (κ3) is 2.43. The number of hydrogen-bond acceptors (Lipinski definition) is 4. The van der Waals surface area contributed by atoms with Crippen LogP contribution in [-0.4, -0.2) is 9.97 Å². The summed E-state index contributed by atoms with van der Waals surface area (Å²) in [6, 6.07) is 3.45. The second-order valence-corrected chi connectivity index (χ2v) is 4.18. The standard InChI is InChI=1S/C11H10FN3S/c1-7-2-3-8(14-10(7)12)4-5-9-6-16-11(13)15-9/h2-6H,1H3,(H2,13,15)/b5-4+. The predicted octanol–water partition coefficient (Wildman–Crippen LogP) is 2.74. The maximum atomic E-state index is 13.1. The van der Waals surface area contributed by atoms with Gasteiger partial charge in [0.05, 0.1) is 11.4 Å². The summed E-state index contributed by atoms with van der Waals surface area (Å²) in [5, 5.41) is 2.35. The quantitative estimate of drug-likeness (QED) is 0.814. The van der Waals surface area contributed by atoms with E-state index in [2.05, 4.69) is 9.97 Å². The van der Waals surface area contributed by atoms with Gasteiger partial charge in [0.25, 0.3) is 0 Å². The minimum absolute atomic E-state index is 0.444. The van der Waals surface area contributed by atoms with Crippen molar-refractivity contribution >= 4 is 28.6 Å². The molecule has 0 spiro atoms. The van der Waals surface area contributed by atoms with Crippen molar-refractivity contribution in [1.82, 2.24) is 9.97 Å². The largest absolute Gasteiger partial charge is 0.375 e. The van der Waals surface area contributed by atoms with E-state index in [0.717, 1.165) is 5.69 Å². The minimum atomic E-state index is -0.444. The minimum Gasteiger partial charge on any atom is -0.375 e. The van der Waals surface area contributed by atoms with E-state index in [1.165, 1.54) is 11.3 Å². The van der Waals surface area contributed by atoms with Crippen LogP contribution in [0.3, 0.4) is 0 Å². The lowest BCUT2D eigenvalue weighted by Gasteiger charge is -1.96. The van der Waals surface area contributed by atoms with Crippen molar-refractivity contribution in [2.45, 2.75) is 6.92 Å². The monoisotopic (exact) mass is 235 g/mol. The van der Waals surface area contributed by atoms with E-state index in [1.54, 1.807) is 31.2 Å². The number of nitrogens with zero attached hydrogens (tertiary/aromatic N) is 2. The Morgan fingerprint density at radius 1 is 1.25 bits per heavy atom. The van der Waals surface area contributed by atoms with Crippen LogP contribution in [0.15, 0.2) is 17.5 Å². The number of thiazole rings is 1. The molecule has 2 rings (SSSR count). The van der Waals surface area contributed by atoms with Crippen molar-refractivity contribution in [3.8, 4) is 0 Å². The van der Waals surface area contributed by atoms with Crippen molar-refractivity contribution in [3.05, 3.63) is 40.4 Å². The molecule has 2 aromatic heterocycles. The summed E-state index contributed by atoms with van der Waals surface area (Å²) in [6.07, 6.45) is 3.46. The summed E-state index contributed by atoms with van der Waals surface area (Å²) in [5.74, 6) is -0.444. The SMILES string of the molecule is Cc1ccc(/C=C/c2csc(N)n2)nc1F. The molecule has 0 unspecified atom stereocenters. The van der Waals surface area contributed by atoms with Crippen molar-refractivity contribution in [2.75, 3.05) is 5.73 Å². The molecular weight excluding hydrogens is 225 g/mol. The number of halogens is 1. The highest BCUT2D eigenvalue weighted by Gasteiger charge is 1.98. The second-order valence-electron chi connectivity index (χ2n) is 3.29. The second kappa shape index (κ2) is 4.40. The molecule has 82 valence electrons. The first-order chi connectivity index (χ1) is 7.65. The van der Waals surface area contributed by atoms with E-state index in [9.17, 15) is 4.39 Å². The van der Waals surface area contributed by atoms with Gasteiger partial charge in [-0.25, -0.2) is 9.97 Å². The zero-order chi connectivity index (χ0) is 11.5. The molecule has 0 aliphatic heterocycles. The fourth-order valence-corrected chi connectivity index (χ4v) is 1.69. The molecule has 0 saturated carbocycles. The Labute approximate surface area is 96.5 Å². The predicted molar refractivity (Wildman–Crippen MR) is 64.4 cm³/mol. The highest BCUT2D eigenvalue weighted by atomic mass is 32.1. The smallest absolute Gasteiger partial charge is 0.216 e. The Kier molecular flexibility index (Phi) is 2.96. The summed E-state index contributed by atoms with van der Waals surface area (Å²) in [4.78, 5) is 7.84. The van der Waals surface area contributed by atoms with Gasteiger partial charge >= 0.3 is 0 Å². The third-order valence-corrected chi connectivity index (χ3v) is 2.71. The first-order valence-electron chi connectivity index (χ1n) is 4.67. The first-order valence-corrected chi connectivity index (χ1v) is 5.55. The molecule has 0 aliphatic carbocycles. The number of nitrogens with two attached hydrogens (primary N) is 1. The van der Waals surface area contributed by atoms with Gasteiger partial charge < -0.3 is 5.73 Å². The molecule has 16 heavy (non-hydrogen) atoms. The van der Waals surface area contributed by atoms with Crippen molar-refractivity contribution < 1.29 is 4.39 Å². The highest BCUT2D eigenvalue weighted by molar-refractivity contribution is 7.13. The van der Waals surface area contributed by atoms with Crippen LogP contribution in [0.2, 0.25) is 0 Å². The van der Waals surface area contributed by atoms with E-state index in [1.807, 2.05) is 5.38 Å². The number of pyridine rings is 1. The highest BCUT2D eigenvalue weighted by Crippen LogP contribution is 2.14. The zero-order valence-corrected chi connectivity index (χ0v) is 9.46. The summed E-state index contributed by atoms with van der Waals surface area (Å²) in [5.41, 5.74) is 7.35. The summed E-state index contributed by atoms with van der Waals surface area (Å²) < 4.78 is 13.1. The normalized spacial score (nSPS) is 11.1. The maximum absolute atomic E-state index is 13.1. The van der Waals surface area contributed by atoms with Gasteiger partial charge in [0.1, 0.15) is 0 Å². The molecule has 2 heterocycles. The lowest BCUT2D eigenvalue weighted by Crippen LogP contribution is -1.89. The van der Waals surface area contributed by atoms with Gasteiger partial charge in [-0.15, -0.1) is 11.3 Å². The average Bonchev–Trinajstić information content (AvgIpc) is 2.66. The van der Waals surface area contributed by atoms with Crippen LogP contribution in [0.5, 0.6) is 0 Å². The van der Waals surface area contributed by atoms with Crippen LogP contribution in [0.1, 0.15) is 17.0 Å². The topological polar surface area (TPSA) is 51.8 Å². The van der Waals surface area contributed by atoms with Gasteiger partial charge in [-0.05, 0) is 25.1 Å². The van der Waals surface area contributed by atoms with Gasteiger partial charge in [0, 0.05) is 10.9 Å². The molecular formula is C11H10FN3S. The molecule has 0 fully saturated rings. The third-order valence-electron chi connectivity index (χ3n) is 2.02. The molecule has 0 aromatic carbocycles. The molecule has 0 amide bonds. The molecule has 0 atom stereocenters. The van der Waals surface area contributed by atoms with Crippen LogP contribution >= 0.6 is 11.3 Å². The lowest BCUT2D eigenvalue weighted by atomic mass is 10.2. The Morgan fingerprint density at radius 3 is 2.62 bits per heavy atom. The van der Waals surface area contributed by atoms with E-state index < -0.39 is 5.95 Å². The van der Waals surface area contributed by atoms with Crippen LogP contribution in [0, 0.1) is 12.9 Å². The van der Waals surface area contributed by atoms with Gasteiger partial charge in [-0.3, -0.25) is 0 Å². The van der Waals surface area contributed by atoms with Crippen LogP contribution < -0.4 is 5.73 Å². The van der Waals surface area contributed by atoms with Crippen molar-refractivity contribution in [3.63, 3.8) is 0 Å². The molecule has 5 heteroatoms. The molecule has 2 N–H and O–H groups in total. The average molecular weight is 235 g/mol. The number of hydrogen-bond donors (Lipinski definition) is 1. The van der Waals surface area contributed by atoms with E-state index in [0.29, 0.717) is 16.4 Å². The van der Waals surface area contributed by atoms with Crippen LogP contribution in [-0.2, 0) is 0 Å². The van der Waals surface area contributed by atoms with E-state index >= 15 is 0 Å². The van der Waals surface area contributed by atoms with E-state index in [4.69, 9.17) is 5.73 Å². The van der Waals surface area contributed by atoms with Gasteiger partial charge in [-0.2, -0.15) is 4.39 Å². The molecule has 0 aliphatic rings. The molecule has 0 radical (unpaired) electrons. The van der Waals surface area contributed by atoms with E-state index in [-0.39, 0.29) is 0 Å². The van der Waals surface area contributed by atoms with Crippen molar-refractivity contribution in [2.24, 2.45) is 0 Å². The van der Waals surface area contributed by atoms with Gasteiger partial charge in [0.2, 0.25) is 5.95 Å². The molecule has 0 bridgehead atoms. The number of anilines is 1. The Hall–Kier alpha value is -1.75. The molecule has 3 nitrogen and oxygen atoms in total. The number of rotatable bonds is 2. The Balaban J connectivity index is 2.20. The fourth-order valence-electron chi connectivity index (χ4n) is 1.16. The van der Waals surface area contributed by atoms with Crippen LogP contribution in [0.4, 0.5) is 9.52 Å². The van der Waals surface area contributed by atoms with Crippen LogP contribution in [0.25, 0.3) is 12.2 Å². The maximum Gasteiger partial charge on any atom is 0.216 e. The van der Waals surface area contributed by atoms with Gasteiger partial charge in [0.15, 0.2) is 5.13 Å². The Morgan fingerprint density at radius 2 is 2.00 bits per heavy atom. The van der Waals surface area contributed by atoms with Crippen molar-refractivity contribution in [1.29, 1.82) is 0 Å². The molecule has 0 saturated heterocycles. The number of aromatic nitrogens is 2. The first kappa shape index (κ1) is 10.8. The zero-order valence-electron chi connectivity index (χ0n) is 8.64. The fraction of sp³-hybridized carbons (Fsp3) is 0.0909. The number of aryl methyl sites for hydroxylation is 1. The summed E-state index contributed by atoms with van der Waals surface area (Å²) in [7, 11) is 0.